The third kappa shape index (κ3) is 5.96. The molecule has 0 amide bonds. The van der Waals surface area contributed by atoms with Crippen molar-refractivity contribution in [3.8, 4) is 39.1 Å². The van der Waals surface area contributed by atoms with Crippen molar-refractivity contribution in [3.63, 3.8) is 0 Å². The van der Waals surface area contributed by atoms with Crippen LogP contribution in [0.4, 0.5) is 17.1 Å². The van der Waals surface area contributed by atoms with Gasteiger partial charge in [0, 0.05) is 38.9 Å². The normalized spacial score (nSPS) is 11.5. The molecule has 0 atom stereocenters. The van der Waals surface area contributed by atoms with E-state index in [2.05, 4.69) is 252 Å². The summed E-state index contributed by atoms with van der Waals surface area (Å²) >= 11 is 0. The van der Waals surface area contributed by atoms with Crippen LogP contribution < -0.4 is 4.90 Å². The number of nitrogens with zero attached hydrogens (tertiary/aromatic N) is 2. The maximum Gasteiger partial charge on any atom is 0.0625 e. The quantitative estimate of drug-likeness (QED) is 0.146. The Balaban J connectivity index is 1.06. The minimum Gasteiger partial charge on any atom is -0.310 e. The molecule has 0 radical (unpaired) electrons. The van der Waals surface area contributed by atoms with Crippen molar-refractivity contribution in [2.24, 2.45) is 0 Å². The van der Waals surface area contributed by atoms with E-state index in [1.165, 1.54) is 81.9 Å². The topological polar surface area (TPSA) is 8.17 Å². The number of aromatic nitrogens is 1. The molecule has 1 heterocycles. The van der Waals surface area contributed by atoms with Crippen LogP contribution in [0.2, 0.25) is 0 Å². The maximum absolute atomic E-state index is 2.45. The van der Waals surface area contributed by atoms with Crippen LogP contribution in [-0.2, 0) is 0 Å². The first-order chi connectivity index (χ1) is 30.8. The molecule has 290 valence electrons. The molecule has 62 heavy (non-hydrogen) atoms. The fourth-order valence-electron chi connectivity index (χ4n) is 9.70. The molecule has 0 spiro atoms. The van der Waals surface area contributed by atoms with Crippen molar-refractivity contribution in [2.45, 2.75) is 0 Å². The fraction of sp³-hybridized carbons (Fsp3) is 0. The first-order valence-electron chi connectivity index (χ1n) is 21.3. The summed E-state index contributed by atoms with van der Waals surface area (Å²) in [5.41, 5.74) is 14.0. The highest BCUT2D eigenvalue weighted by atomic mass is 15.1. The van der Waals surface area contributed by atoms with Crippen molar-refractivity contribution >= 4 is 71.2 Å². The van der Waals surface area contributed by atoms with Gasteiger partial charge in [-0.15, -0.1) is 0 Å². The van der Waals surface area contributed by atoms with Gasteiger partial charge in [-0.1, -0.05) is 176 Å². The second-order valence-corrected chi connectivity index (χ2v) is 16.1. The molecule has 0 N–H and O–H groups in total. The molecule has 0 aliphatic rings. The van der Waals surface area contributed by atoms with Gasteiger partial charge < -0.3 is 9.47 Å². The maximum atomic E-state index is 2.45. The summed E-state index contributed by atoms with van der Waals surface area (Å²) < 4.78 is 2.45. The Hall–Kier alpha value is -8.20. The van der Waals surface area contributed by atoms with E-state index in [4.69, 9.17) is 0 Å². The SMILES string of the molecule is c1ccc(-c2cccc(N(c3ccc(-c4cc5ccccc5c5ccccc45)cc3)c3cccc(-c4cc5ccccc5c5c4c4ccccc4n5-c4ccccc4)c3)c2)cc1. The third-order valence-corrected chi connectivity index (χ3v) is 12.5. The minimum atomic E-state index is 1.09. The number of hydrogen-bond acceptors (Lipinski definition) is 1. The smallest absolute Gasteiger partial charge is 0.0625 e. The highest BCUT2D eigenvalue weighted by Gasteiger charge is 2.21. The average Bonchev–Trinajstić information content (AvgIpc) is 3.70. The van der Waals surface area contributed by atoms with E-state index in [1.54, 1.807) is 0 Å². The van der Waals surface area contributed by atoms with E-state index >= 15 is 0 Å². The molecule has 1 aromatic heterocycles. The van der Waals surface area contributed by atoms with Gasteiger partial charge >= 0.3 is 0 Å². The number of benzene rings is 11. The first kappa shape index (κ1) is 35.7. The molecule has 11 aromatic carbocycles. The van der Waals surface area contributed by atoms with Crippen LogP contribution in [0.1, 0.15) is 0 Å². The highest BCUT2D eigenvalue weighted by molar-refractivity contribution is 6.24. The molecule has 12 rings (SSSR count). The van der Waals surface area contributed by atoms with Gasteiger partial charge in [0.05, 0.1) is 11.0 Å². The van der Waals surface area contributed by atoms with E-state index < -0.39 is 0 Å². The second kappa shape index (κ2) is 14.8. The number of anilines is 3. The molecule has 12 aromatic rings. The van der Waals surface area contributed by atoms with Crippen LogP contribution >= 0.6 is 0 Å². The molecule has 0 aliphatic carbocycles. The summed E-state index contributed by atoms with van der Waals surface area (Å²) in [6.45, 7) is 0. The molecular formula is C60H40N2. The number of para-hydroxylation sites is 2. The first-order valence-corrected chi connectivity index (χ1v) is 21.3. The number of fused-ring (bicyclic) bond motifs is 8. The fourth-order valence-corrected chi connectivity index (χ4v) is 9.70. The molecule has 0 fully saturated rings. The number of rotatable bonds is 7. The van der Waals surface area contributed by atoms with Crippen LogP contribution in [0.15, 0.2) is 243 Å². The van der Waals surface area contributed by atoms with Gasteiger partial charge in [-0.05, 0) is 127 Å². The van der Waals surface area contributed by atoms with Gasteiger partial charge in [0.1, 0.15) is 0 Å². The zero-order valence-corrected chi connectivity index (χ0v) is 34.0. The molecule has 0 bridgehead atoms. The van der Waals surface area contributed by atoms with Crippen LogP contribution in [0.3, 0.4) is 0 Å². The Kier molecular flexibility index (Phi) is 8.53. The predicted molar refractivity (Wildman–Crippen MR) is 264 cm³/mol. The largest absolute Gasteiger partial charge is 0.310 e. The summed E-state index contributed by atoms with van der Waals surface area (Å²) in [4.78, 5) is 2.41. The van der Waals surface area contributed by atoms with Crippen LogP contribution in [0.5, 0.6) is 0 Å². The zero-order valence-electron chi connectivity index (χ0n) is 34.0. The molecule has 2 heteroatoms. The van der Waals surface area contributed by atoms with Crippen LogP contribution in [-0.4, -0.2) is 4.57 Å². The predicted octanol–water partition coefficient (Wildman–Crippen LogP) is 16.7. The van der Waals surface area contributed by atoms with Gasteiger partial charge in [0.2, 0.25) is 0 Å². The van der Waals surface area contributed by atoms with Gasteiger partial charge in [-0.25, -0.2) is 0 Å². The van der Waals surface area contributed by atoms with Gasteiger partial charge in [-0.3, -0.25) is 0 Å². The Labute approximate surface area is 360 Å². The lowest BCUT2D eigenvalue weighted by molar-refractivity contribution is 1.19. The lowest BCUT2D eigenvalue weighted by Gasteiger charge is -2.27. The molecule has 0 saturated carbocycles. The molecular weight excluding hydrogens is 749 g/mol. The molecule has 0 aliphatic heterocycles. The third-order valence-electron chi connectivity index (χ3n) is 12.5. The minimum absolute atomic E-state index is 1.09. The van der Waals surface area contributed by atoms with Crippen molar-refractivity contribution in [3.05, 3.63) is 243 Å². The number of hydrogen-bond donors (Lipinski definition) is 0. The Morgan fingerprint density at radius 1 is 0.290 bits per heavy atom. The second-order valence-electron chi connectivity index (χ2n) is 16.1. The average molecular weight is 789 g/mol. The Morgan fingerprint density at radius 3 is 1.56 bits per heavy atom. The van der Waals surface area contributed by atoms with E-state index in [0.717, 1.165) is 28.3 Å². The van der Waals surface area contributed by atoms with E-state index in [9.17, 15) is 0 Å². The Bertz CT molecular complexity index is 3620. The van der Waals surface area contributed by atoms with Crippen LogP contribution in [0, 0.1) is 0 Å². The molecule has 0 unspecified atom stereocenters. The zero-order chi connectivity index (χ0) is 41.0. The molecule has 2 nitrogen and oxygen atoms in total. The lowest BCUT2D eigenvalue weighted by atomic mass is 9.93. The van der Waals surface area contributed by atoms with Gasteiger partial charge in [0.25, 0.3) is 0 Å². The van der Waals surface area contributed by atoms with E-state index in [-0.39, 0.29) is 0 Å². The summed E-state index contributed by atoms with van der Waals surface area (Å²) in [7, 11) is 0. The van der Waals surface area contributed by atoms with Crippen molar-refractivity contribution in [1.82, 2.24) is 4.57 Å². The van der Waals surface area contributed by atoms with Crippen LogP contribution in [0.25, 0.3) is 93.2 Å². The molecule has 0 saturated heterocycles. The van der Waals surface area contributed by atoms with Crippen molar-refractivity contribution in [2.75, 3.05) is 4.90 Å². The summed E-state index contributed by atoms with van der Waals surface area (Å²) in [5.74, 6) is 0. The standard InChI is InChI=1S/C60H40N2/c1-3-17-41(18-4-1)43-21-15-25-49(37-43)61(48-35-33-42(34-36-48)56-39-45-19-7-9-27-51(45)53-29-11-12-30-54(53)56)50-26-16-22-44(38-50)57-40-46-20-8-10-28-52(46)60-59(57)55-31-13-14-32-58(55)62(60)47-23-5-2-6-24-47/h1-40H. The van der Waals surface area contributed by atoms with Crippen molar-refractivity contribution in [1.29, 1.82) is 0 Å². The Morgan fingerprint density at radius 2 is 0.823 bits per heavy atom. The highest BCUT2D eigenvalue weighted by Crippen LogP contribution is 2.45. The lowest BCUT2D eigenvalue weighted by Crippen LogP contribution is -2.10. The summed E-state index contributed by atoms with van der Waals surface area (Å²) in [6.07, 6.45) is 0. The van der Waals surface area contributed by atoms with E-state index in [0.29, 0.717) is 0 Å². The van der Waals surface area contributed by atoms with Gasteiger partial charge in [-0.2, -0.15) is 0 Å². The van der Waals surface area contributed by atoms with Crippen molar-refractivity contribution < 1.29 is 0 Å². The van der Waals surface area contributed by atoms with E-state index in [1.807, 2.05) is 0 Å². The van der Waals surface area contributed by atoms with Gasteiger partial charge in [0.15, 0.2) is 0 Å². The monoisotopic (exact) mass is 788 g/mol. The summed E-state index contributed by atoms with van der Waals surface area (Å²) in [5, 5.41) is 10.00. The summed E-state index contributed by atoms with van der Waals surface area (Å²) in [6, 6.07) is 88.5.